The van der Waals surface area contributed by atoms with Crippen molar-refractivity contribution in [1.82, 2.24) is 4.90 Å². The minimum absolute atomic E-state index is 0.184. The Hall–Kier alpha value is -0.690. The molecule has 112 valence electrons. The second kappa shape index (κ2) is 8.47. The second-order valence-electron chi connectivity index (χ2n) is 5.13. The topological polar surface area (TPSA) is 79.2 Å². The minimum atomic E-state index is -0.713. The van der Waals surface area contributed by atoms with Crippen LogP contribution in [0.25, 0.3) is 0 Å². The molecule has 2 N–H and O–H groups in total. The molecule has 0 spiro atoms. The molecular formula is C13H25NO5. The lowest BCUT2D eigenvalue weighted by molar-refractivity contribution is -0.144. The molecule has 0 radical (unpaired) electrons. The molecule has 0 aromatic carbocycles. The number of ether oxygens (including phenoxy) is 2. The van der Waals surface area contributed by atoms with Gasteiger partial charge in [-0.05, 0) is 26.3 Å². The molecule has 1 fully saturated rings. The Kier molecular flexibility index (Phi) is 7.30. The summed E-state index contributed by atoms with van der Waals surface area (Å²) in [4.78, 5) is 13.1. The van der Waals surface area contributed by atoms with Crippen LogP contribution in [0.3, 0.4) is 0 Å². The number of aliphatic carboxylic acids is 1. The Morgan fingerprint density at radius 2 is 2.21 bits per heavy atom. The van der Waals surface area contributed by atoms with Crippen molar-refractivity contribution >= 4 is 5.97 Å². The van der Waals surface area contributed by atoms with Gasteiger partial charge in [-0.1, -0.05) is 0 Å². The highest BCUT2D eigenvalue weighted by Gasteiger charge is 2.30. The van der Waals surface area contributed by atoms with Gasteiger partial charge in [-0.2, -0.15) is 0 Å². The normalized spacial score (nSPS) is 26.3. The number of carboxylic acids is 1. The molecule has 0 aromatic heterocycles. The number of methoxy groups -OCH3 is 1. The highest BCUT2D eigenvalue weighted by molar-refractivity contribution is 5.70. The summed E-state index contributed by atoms with van der Waals surface area (Å²) < 4.78 is 10.1. The van der Waals surface area contributed by atoms with Crippen LogP contribution >= 0.6 is 0 Å². The molecule has 3 atom stereocenters. The van der Waals surface area contributed by atoms with E-state index in [9.17, 15) is 9.90 Å². The Balaban J connectivity index is 2.23. The molecule has 3 unspecified atom stereocenters. The number of nitrogens with zero attached hydrogens (tertiary/aromatic N) is 1. The number of aliphatic hydroxyl groups is 1. The van der Waals surface area contributed by atoms with Gasteiger partial charge in [0.25, 0.3) is 0 Å². The van der Waals surface area contributed by atoms with Crippen molar-refractivity contribution in [1.29, 1.82) is 0 Å². The summed E-state index contributed by atoms with van der Waals surface area (Å²) in [5.74, 6) is -0.962. The zero-order valence-corrected chi connectivity index (χ0v) is 11.7. The van der Waals surface area contributed by atoms with Crippen molar-refractivity contribution < 1.29 is 24.5 Å². The van der Waals surface area contributed by atoms with E-state index in [1.54, 1.807) is 7.11 Å². The third-order valence-electron chi connectivity index (χ3n) is 3.55. The van der Waals surface area contributed by atoms with E-state index in [0.29, 0.717) is 39.1 Å². The van der Waals surface area contributed by atoms with Gasteiger partial charge in [-0.3, -0.25) is 9.69 Å². The largest absolute Gasteiger partial charge is 0.481 e. The van der Waals surface area contributed by atoms with Crippen LogP contribution in [0.4, 0.5) is 0 Å². The summed E-state index contributed by atoms with van der Waals surface area (Å²) >= 11 is 0. The number of likely N-dealkylation sites (tertiary alicyclic amines) is 1. The first-order valence-corrected chi connectivity index (χ1v) is 6.76. The van der Waals surface area contributed by atoms with E-state index in [1.807, 2.05) is 6.92 Å². The molecule has 19 heavy (non-hydrogen) atoms. The molecule has 1 aliphatic heterocycles. The van der Waals surface area contributed by atoms with Crippen LogP contribution in [-0.4, -0.2) is 73.2 Å². The standard InChI is InChI=1S/C13H25NO5/c1-10-7-11(13(16)17)3-4-14(10)8-12(15)9-19-6-5-18-2/h10-12,15H,3-9H2,1-2H3,(H,16,17). The van der Waals surface area contributed by atoms with Crippen molar-refractivity contribution in [3.63, 3.8) is 0 Å². The van der Waals surface area contributed by atoms with Gasteiger partial charge in [0, 0.05) is 19.7 Å². The second-order valence-corrected chi connectivity index (χ2v) is 5.13. The smallest absolute Gasteiger partial charge is 0.306 e. The first-order chi connectivity index (χ1) is 9.04. The predicted molar refractivity (Wildman–Crippen MR) is 70.1 cm³/mol. The fourth-order valence-electron chi connectivity index (χ4n) is 2.40. The fourth-order valence-corrected chi connectivity index (χ4v) is 2.40. The van der Waals surface area contributed by atoms with Crippen LogP contribution in [0.15, 0.2) is 0 Å². The Labute approximate surface area is 114 Å². The van der Waals surface area contributed by atoms with Gasteiger partial charge >= 0.3 is 5.97 Å². The van der Waals surface area contributed by atoms with Crippen molar-refractivity contribution in [3.8, 4) is 0 Å². The number of rotatable bonds is 8. The predicted octanol–water partition coefficient (Wildman–Crippen LogP) is 0.195. The number of carbonyl (C=O) groups is 1. The van der Waals surface area contributed by atoms with Gasteiger partial charge in [0.2, 0.25) is 0 Å². The third kappa shape index (κ3) is 5.86. The number of hydrogen-bond acceptors (Lipinski definition) is 5. The van der Waals surface area contributed by atoms with Gasteiger partial charge in [-0.15, -0.1) is 0 Å². The van der Waals surface area contributed by atoms with Crippen LogP contribution < -0.4 is 0 Å². The minimum Gasteiger partial charge on any atom is -0.481 e. The van der Waals surface area contributed by atoms with E-state index in [1.165, 1.54) is 0 Å². The van der Waals surface area contributed by atoms with Gasteiger partial charge in [0.05, 0.1) is 31.8 Å². The molecule has 0 amide bonds. The lowest BCUT2D eigenvalue weighted by atomic mass is 9.91. The molecule has 0 bridgehead atoms. The molecule has 6 heteroatoms. The van der Waals surface area contributed by atoms with E-state index in [2.05, 4.69) is 4.90 Å². The van der Waals surface area contributed by atoms with Gasteiger partial charge in [-0.25, -0.2) is 0 Å². The van der Waals surface area contributed by atoms with Crippen LogP contribution in [0.5, 0.6) is 0 Å². The molecule has 0 aromatic rings. The SMILES string of the molecule is COCCOCC(O)CN1CCC(C(=O)O)CC1C. The van der Waals surface area contributed by atoms with E-state index < -0.39 is 12.1 Å². The van der Waals surface area contributed by atoms with E-state index in [-0.39, 0.29) is 18.6 Å². The monoisotopic (exact) mass is 275 g/mol. The van der Waals surface area contributed by atoms with Gasteiger partial charge in [0.1, 0.15) is 0 Å². The lowest BCUT2D eigenvalue weighted by Gasteiger charge is -2.37. The van der Waals surface area contributed by atoms with E-state index in [4.69, 9.17) is 14.6 Å². The van der Waals surface area contributed by atoms with Crippen molar-refractivity contribution in [2.45, 2.75) is 31.9 Å². The number of piperidine rings is 1. The third-order valence-corrected chi connectivity index (χ3v) is 3.55. The Morgan fingerprint density at radius 3 is 2.79 bits per heavy atom. The zero-order valence-electron chi connectivity index (χ0n) is 11.7. The lowest BCUT2D eigenvalue weighted by Crippen LogP contribution is -2.46. The van der Waals surface area contributed by atoms with Gasteiger partial charge in [0.15, 0.2) is 0 Å². The molecule has 0 aliphatic carbocycles. The maximum absolute atomic E-state index is 10.9. The number of β-amino-alcohol motifs (C(OH)–C–C–N with tert-alkyl or cyclic N) is 1. The summed E-state index contributed by atoms with van der Waals surface area (Å²) in [7, 11) is 1.61. The highest BCUT2D eigenvalue weighted by Crippen LogP contribution is 2.22. The summed E-state index contributed by atoms with van der Waals surface area (Å²) in [5.41, 5.74) is 0. The van der Waals surface area contributed by atoms with Crippen LogP contribution in [0.1, 0.15) is 19.8 Å². The first kappa shape index (κ1) is 16.4. The van der Waals surface area contributed by atoms with Crippen LogP contribution in [0, 0.1) is 5.92 Å². The van der Waals surface area contributed by atoms with Gasteiger partial charge < -0.3 is 19.7 Å². The molecular weight excluding hydrogens is 250 g/mol. The maximum Gasteiger partial charge on any atom is 0.306 e. The average Bonchev–Trinajstić information content (AvgIpc) is 2.37. The Bertz CT molecular complexity index is 274. The van der Waals surface area contributed by atoms with Crippen molar-refractivity contribution in [2.24, 2.45) is 5.92 Å². The fraction of sp³-hybridized carbons (Fsp3) is 0.923. The van der Waals surface area contributed by atoms with Crippen molar-refractivity contribution in [3.05, 3.63) is 0 Å². The maximum atomic E-state index is 10.9. The van der Waals surface area contributed by atoms with E-state index in [0.717, 1.165) is 0 Å². The Morgan fingerprint density at radius 1 is 1.47 bits per heavy atom. The number of aliphatic hydroxyl groups excluding tert-OH is 1. The number of hydrogen-bond donors (Lipinski definition) is 2. The summed E-state index contributed by atoms with van der Waals surface area (Å²) in [6.45, 7) is 4.54. The van der Waals surface area contributed by atoms with E-state index >= 15 is 0 Å². The molecule has 6 nitrogen and oxygen atoms in total. The first-order valence-electron chi connectivity index (χ1n) is 6.76. The highest BCUT2D eigenvalue weighted by atomic mass is 16.5. The molecule has 1 saturated heterocycles. The molecule has 1 aliphatic rings. The summed E-state index contributed by atoms with van der Waals surface area (Å²) in [6, 6.07) is 0.184. The summed E-state index contributed by atoms with van der Waals surface area (Å²) in [6.07, 6.45) is 0.754. The molecule has 1 heterocycles. The summed E-state index contributed by atoms with van der Waals surface area (Å²) in [5, 5.41) is 18.9. The zero-order chi connectivity index (χ0) is 14.3. The van der Waals surface area contributed by atoms with Crippen LogP contribution in [0.2, 0.25) is 0 Å². The van der Waals surface area contributed by atoms with Crippen molar-refractivity contribution in [2.75, 3.05) is 40.0 Å². The van der Waals surface area contributed by atoms with Crippen LogP contribution in [-0.2, 0) is 14.3 Å². The average molecular weight is 275 g/mol. The number of carboxylic acid groups (broad SMARTS) is 1. The molecule has 1 rings (SSSR count). The molecule has 0 saturated carbocycles. The quantitative estimate of drug-likeness (QED) is 0.616.